The predicted octanol–water partition coefficient (Wildman–Crippen LogP) is 2.57. The molecule has 138 valence electrons. The lowest BCUT2D eigenvalue weighted by Crippen LogP contribution is -2.35. The normalized spacial score (nSPS) is 14.0. The van der Waals surface area contributed by atoms with Crippen LogP contribution in [0.5, 0.6) is 0 Å². The van der Waals surface area contributed by atoms with E-state index in [1.165, 1.54) is 12.1 Å². The van der Waals surface area contributed by atoms with Crippen LogP contribution < -0.4 is 5.32 Å². The molecule has 1 unspecified atom stereocenters. The molecule has 6 nitrogen and oxygen atoms in total. The molecular formula is C19H22FN3O3. The molecule has 0 fully saturated rings. The summed E-state index contributed by atoms with van der Waals surface area (Å²) in [5, 5.41) is 7.12. The van der Waals surface area contributed by atoms with Gasteiger partial charge in [0.1, 0.15) is 5.82 Å². The van der Waals surface area contributed by atoms with Gasteiger partial charge < -0.3 is 10.1 Å². The second-order valence-electron chi connectivity index (χ2n) is 6.47. The average molecular weight is 359 g/mol. The molecule has 0 radical (unpaired) electrons. The van der Waals surface area contributed by atoms with E-state index < -0.39 is 5.97 Å². The third-order valence-electron chi connectivity index (χ3n) is 4.55. The number of hydrogen-bond donors (Lipinski definition) is 1. The first kappa shape index (κ1) is 18.1. The topological polar surface area (TPSA) is 73.2 Å². The van der Waals surface area contributed by atoms with E-state index in [0.29, 0.717) is 5.69 Å². The molecule has 0 aliphatic heterocycles. The Balaban J connectivity index is 1.76. The summed E-state index contributed by atoms with van der Waals surface area (Å²) in [6.45, 7) is 3.51. The van der Waals surface area contributed by atoms with Crippen molar-refractivity contribution in [1.82, 2.24) is 15.1 Å². The van der Waals surface area contributed by atoms with Crippen LogP contribution in [0, 0.1) is 5.82 Å². The second kappa shape index (κ2) is 7.68. The summed E-state index contributed by atoms with van der Waals surface area (Å²) >= 11 is 0. The van der Waals surface area contributed by atoms with Crippen molar-refractivity contribution in [2.45, 2.75) is 45.6 Å². The van der Waals surface area contributed by atoms with Gasteiger partial charge in [0.2, 0.25) is 0 Å². The first-order valence-electron chi connectivity index (χ1n) is 8.82. The lowest BCUT2D eigenvalue weighted by molar-refractivity contribution is -0.124. The quantitative estimate of drug-likeness (QED) is 0.805. The van der Waals surface area contributed by atoms with E-state index in [1.54, 1.807) is 16.8 Å². The summed E-state index contributed by atoms with van der Waals surface area (Å²) in [5.74, 6) is -1.27. The van der Waals surface area contributed by atoms with Gasteiger partial charge in [-0.1, -0.05) is 6.92 Å². The van der Waals surface area contributed by atoms with Gasteiger partial charge in [0.15, 0.2) is 12.3 Å². The van der Waals surface area contributed by atoms with E-state index in [9.17, 15) is 14.0 Å². The number of esters is 1. The molecule has 1 aliphatic rings. The Bertz CT molecular complexity index is 814. The molecule has 7 heteroatoms. The van der Waals surface area contributed by atoms with Crippen molar-refractivity contribution >= 4 is 11.9 Å². The molecule has 0 saturated carbocycles. The zero-order valence-electron chi connectivity index (χ0n) is 14.9. The smallest absolute Gasteiger partial charge is 0.359 e. The minimum Gasteiger partial charge on any atom is -0.451 e. The van der Waals surface area contributed by atoms with Crippen LogP contribution in [0.2, 0.25) is 0 Å². The minimum absolute atomic E-state index is 0.0307. The van der Waals surface area contributed by atoms with Crippen LogP contribution in [-0.2, 0) is 22.4 Å². The Hall–Kier alpha value is -2.70. The minimum atomic E-state index is -0.608. The maximum absolute atomic E-state index is 13.2. The zero-order valence-corrected chi connectivity index (χ0v) is 14.9. The Morgan fingerprint density at radius 2 is 2.04 bits per heavy atom. The number of carbonyl (C=O) groups is 2. The molecule has 1 heterocycles. The van der Waals surface area contributed by atoms with Gasteiger partial charge in [-0.3, -0.25) is 4.79 Å². The van der Waals surface area contributed by atoms with E-state index in [0.717, 1.165) is 36.9 Å². The van der Waals surface area contributed by atoms with Crippen LogP contribution in [0.25, 0.3) is 5.69 Å². The molecular weight excluding hydrogens is 337 g/mol. The zero-order chi connectivity index (χ0) is 18.7. The molecule has 1 aliphatic carbocycles. The monoisotopic (exact) mass is 359 g/mol. The van der Waals surface area contributed by atoms with Crippen LogP contribution in [0.1, 0.15) is 48.4 Å². The SMILES string of the molecule is CCC(C)NC(=O)COC(=O)c1nn(-c2ccc(F)cc2)c2c1CCC2. The summed E-state index contributed by atoms with van der Waals surface area (Å²) in [6.07, 6.45) is 3.25. The van der Waals surface area contributed by atoms with E-state index >= 15 is 0 Å². The summed E-state index contributed by atoms with van der Waals surface area (Å²) < 4.78 is 20.0. The Labute approximate surface area is 151 Å². The van der Waals surface area contributed by atoms with Crippen molar-refractivity contribution in [2.24, 2.45) is 0 Å². The molecule has 1 N–H and O–H groups in total. The summed E-state index contributed by atoms with van der Waals surface area (Å²) in [5.41, 5.74) is 2.71. The highest BCUT2D eigenvalue weighted by Gasteiger charge is 2.28. The van der Waals surface area contributed by atoms with Gasteiger partial charge in [-0.25, -0.2) is 13.9 Å². The number of fused-ring (bicyclic) bond motifs is 1. The first-order chi connectivity index (χ1) is 12.5. The van der Waals surface area contributed by atoms with Crippen LogP contribution in [0.15, 0.2) is 24.3 Å². The maximum Gasteiger partial charge on any atom is 0.359 e. The van der Waals surface area contributed by atoms with Gasteiger partial charge in [0.25, 0.3) is 5.91 Å². The molecule has 0 saturated heterocycles. The van der Waals surface area contributed by atoms with Crippen molar-refractivity contribution in [3.63, 3.8) is 0 Å². The largest absolute Gasteiger partial charge is 0.451 e. The van der Waals surface area contributed by atoms with E-state index in [1.807, 2.05) is 13.8 Å². The fraction of sp³-hybridized carbons (Fsp3) is 0.421. The van der Waals surface area contributed by atoms with Gasteiger partial charge in [-0.2, -0.15) is 5.10 Å². The summed E-state index contributed by atoms with van der Waals surface area (Å²) in [6, 6.07) is 5.99. The molecule has 0 bridgehead atoms. The second-order valence-corrected chi connectivity index (χ2v) is 6.47. The van der Waals surface area contributed by atoms with Crippen molar-refractivity contribution in [3.05, 3.63) is 47.0 Å². The fourth-order valence-corrected chi connectivity index (χ4v) is 3.02. The third kappa shape index (κ3) is 3.76. The molecule has 2 aromatic rings. The number of ether oxygens (including phenoxy) is 1. The van der Waals surface area contributed by atoms with Crippen LogP contribution >= 0.6 is 0 Å². The number of nitrogens with one attached hydrogen (secondary N) is 1. The predicted molar refractivity (Wildman–Crippen MR) is 93.7 cm³/mol. The molecule has 1 amide bonds. The number of rotatable bonds is 6. The number of carbonyl (C=O) groups excluding carboxylic acids is 2. The van der Waals surface area contributed by atoms with E-state index in [4.69, 9.17) is 4.74 Å². The number of amides is 1. The van der Waals surface area contributed by atoms with Crippen LogP contribution in [0.4, 0.5) is 4.39 Å². The van der Waals surface area contributed by atoms with Gasteiger partial charge >= 0.3 is 5.97 Å². The lowest BCUT2D eigenvalue weighted by atomic mass is 10.2. The third-order valence-corrected chi connectivity index (χ3v) is 4.55. The van der Waals surface area contributed by atoms with E-state index in [2.05, 4.69) is 10.4 Å². The highest BCUT2D eigenvalue weighted by Crippen LogP contribution is 2.28. The number of aromatic nitrogens is 2. The van der Waals surface area contributed by atoms with Crippen LogP contribution in [0.3, 0.4) is 0 Å². The molecule has 1 atom stereocenters. The number of hydrogen-bond acceptors (Lipinski definition) is 4. The van der Waals surface area contributed by atoms with Crippen LogP contribution in [-0.4, -0.2) is 34.3 Å². The molecule has 3 rings (SSSR count). The number of nitrogens with zero attached hydrogens (tertiary/aromatic N) is 2. The number of halogens is 1. The Kier molecular flexibility index (Phi) is 5.35. The van der Waals surface area contributed by atoms with Crippen molar-refractivity contribution in [3.8, 4) is 5.69 Å². The van der Waals surface area contributed by atoms with Crippen molar-refractivity contribution in [1.29, 1.82) is 0 Å². The van der Waals surface area contributed by atoms with E-state index in [-0.39, 0.29) is 30.1 Å². The van der Waals surface area contributed by atoms with Crippen molar-refractivity contribution in [2.75, 3.05) is 6.61 Å². The van der Waals surface area contributed by atoms with Crippen molar-refractivity contribution < 1.29 is 18.7 Å². The first-order valence-corrected chi connectivity index (χ1v) is 8.82. The maximum atomic E-state index is 13.2. The molecule has 0 spiro atoms. The standard InChI is InChI=1S/C19H22FN3O3/c1-3-12(2)21-17(24)11-26-19(25)18-15-5-4-6-16(15)23(22-18)14-9-7-13(20)8-10-14/h7-10,12H,3-6,11H2,1-2H3,(H,21,24). The summed E-state index contributed by atoms with van der Waals surface area (Å²) in [4.78, 5) is 24.2. The highest BCUT2D eigenvalue weighted by molar-refractivity contribution is 5.91. The molecule has 1 aromatic heterocycles. The van der Waals surface area contributed by atoms with Gasteiger partial charge in [0, 0.05) is 17.3 Å². The Morgan fingerprint density at radius 1 is 1.31 bits per heavy atom. The molecule has 26 heavy (non-hydrogen) atoms. The highest BCUT2D eigenvalue weighted by atomic mass is 19.1. The number of benzene rings is 1. The van der Waals surface area contributed by atoms with Gasteiger partial charge in [-0.05, 0) is 56.9 Å². The Morgan fingerprint density at radius 3 is 2.73 bits per heavy atom. The lowest BCUT2D eigenvalue weighted by Gasteiger charge is -2.11. The fourth-order valence-electron chi connectivity index (χ4n) is 3.02. The molecule has 1 aromatic carbocycles. The average Bonchev–Trinajstić information content (AvgIpc) is 3.23. The van der Waals surface area contributed by atoms with Gasteiger partial charge in [-0.15, -0.1) is 0 Å². The van der Waals surface area contributed by atoms with Gasteiger partial charge in [0.05, 0.1) is 5.69 Å². The summed E-state index contributed by atoms with van der Waals surface area (Å²) in [7, 11) is 0.